The molecule has 7 heteroatoms. The van der Waals surface area contributed by atoms with Crippen LogP contribution >= 0.6 is 0 Å². The lowest BCUT2D eigenvalue weighted by Crippen LogP contribution is -2.00. The van der Waals surface area contributed by atoms with Gasteiger partial charge in [0.05, 0.1) is 10.6 Å². The van der Waals surface area contributed by atoms with Crippen molar-refractivity contribution in [2.45, 2.75) is 13.8 Å². The molecule has 0 fully saturated rings. The van der Waals surface area contributed by atoms with E-state index in [0.717, 1.165) is 5.69 Å². The van der Waals surface area contributed by atoms with Crippen LogP contribution in [0.3, 0.4) is 0 Å². The summed E-state index contributed by atoms with van der Waals surface area (Å²) < 4.78 is 6.99. The Kier molecular flexibility index (Phi) is 3.51. The number of aryl methyl sites for hydroxylation is 2. The molecule has 0 N–H and O–H groups in total. The highest BCUT2D eigenvalue weighted by Crippen LogP contribution is 2.32. The first kappa shape index (κ1) is 13.7. The van der Waals surface area contributed by atoms with Crippen molar-refractivity contribution >= 4 is 11.5 Å². The Hall–Kier alpha value is -2.70. The first-order valence-corrected chi connectivity index (χ1v) is 5.86. The molecule has 0 radical (unpaired) electrons. The van der Waals surface area contributed by atoms with E-state index in [9.17, 15) is 14.9 Å². The molecule has 0 aliphatic heterocycles. The highest BCUT2D eigenvalue weighted by Gasteiger charge is 2.19. The van der Waals surface area contributed by atoms with Gasteiger partial charge in [0, 0.05) is 24.7 Å². The Labute approximate surface area is 114 Å². The van der Waals surface area contributed by atoms with Crippen molar-refractivity contribution in [3.05, 3.63) is 45.6 Å². The zero-order valence-electron chi connectivity index (χ0n) is 11.3. The number of benzene rings is 1. The van der Waals surface area contributed by atoms with Crippen LogP contribution in [-0.2, 0) is 7.05 Å². The van der Waals surface area contributed by atoms with Gasteiger partial charge in [0.25, 0.3) is 0 Å². The van der Waals surface area contributed by atoms with E-state index in [-0.39, 0.29) is 22.8 Å². The fourth-order valence-electron chi connectivity index (χ4n) is 1.76. The van der Waals surface area contributed by atoms with Gasteiger partial charge < -0.3 is 4.74 Å². The fourth-order valence-corrected chi connectivity index (χ4v) is 1.76. The van der Waals surface area contributed by atoms with Gasteiger partial charge in [-0.05, 0) is 26.0 Å². The lowest BCUT2D eigenvalue weighted by molar-refractivity contribution is -0.385. The van der Waals surface area contributed by atoms with Gasteiger partial charge in [-0.2, -0.15) is 5.10 Å². The third-order valence-corrected chi connectivity index (χ3v) is 2.74. The zero-order chi connectivity index (χ0) is 14.9. The van der Waals surface area contributed by atoms with E-state index in [1.807, 2.05) is 0 Å². The molecule has 0 unspecified atom stereocenters. The number of rotatable bonds is 4. The Bertz CT molecular complexity index is 691. The molecule has 0 saturated heterocycles. The monoisotopic (exact) mass is 275 g/mol. The summed E-state index contributed by atoms with van der Waals surface area (Å²) in [6.07, 6.45) is 0. The van der Waals surface area contributed by atoms with Crippen LogP contribution in [-0.4, -0.2) is 20.5 Å². The molecule has 1 aromatic carbocycles. The zero-order valence-corrected chi connectivity index (χ0v) is 11.3. The molecule has 2 aromatic rings. The molecular weight excluding hydrogens is 262 g/mol. The van der Waals surface area contributed by atoms with Crippen LogP contribution < -0.4 is 4.74 Å². The largest absolute Gasteiger partial charge is 0.432 e. The second-order valence-corrected chi connectivity index (χ2v) is 4.35. The van der Waals surface area contributed by atoms with Crippen molar-refractivity contribution in [1.82, 2.24) is 9.78 Å². The topological polar surface area (TPSA) is 87.3 Å². The van der Waals surface area contributed by atoms with Gasteiger partial charge in [-0.15, -0.1) is 0 Å². The Morgan fingerprint density at radius 1 is 1.40 bits per heavy atom. The second-order valence-electron chi connectivity index (χ2n) is 4.35. The van der Waals surface area contributed by atoms with Crippen LogP contribution in [0.25, 0.3) is 0 Å². The van der Waals surface area contributed by atoms with Crippen LogP contribution in [0.5, 0.6) is 11.6 Å². The van der Waals surface area contributed by atoms with Gasteiger partial charge >= 0.3 is 5.69 Å². The first-order chi connectivity index (χ1) is 9.38. The van der Waals surface area contributed by atoms with Crippen molar-refractivity contribution in [3.8, 4) is 11.6 Å². The molecule has 1 heterocycles. The Morgan fingerprint density at radius 2 is 2.10 bits per heavy atom. The van der Waals surface area contributed by atoms with E-state index < -0.39 is 4.92 Å². The molecule has 2 rings (SSSR count). The number of Topliss-reactive ketones (excluding diaryl/α,β-unsaturated/α-hetero) is 1. The van der Waals surface area contributed by atoms with Gasteiger partial charge in [0.15, 0.2) is 5.78 Å². The van der Waals surface area contributed by atoms with Crippen molar-refractivity contribution < 1.29 is 14.5 Å². The van der Waals surface area contributed by atoms with Crippen molar-refractivity contribution in [1.29, 1.82) is 0 Å². The molecule has 0 bridgehead atoms. The number of nitrogens with zero attached hydrogens (tertiary/aromatic N) is 3. The summed E-state index contributed by atoms with van der Waals surface area (Å²) in [6.45, 7) is 3.14. The number of aromatic nitrogens is 2. The maximum atomic E-state index is 11.3. The minimum Gasteiger partial charge on any atom is -0.432 e. The molecule has 0 saturated carbocycles. The highest BCUT2D eigenvalue weighted by molar-refractivity contribution is 5.95. The third-order valence-electron chi connectivity index (χ3n) is 2.74. The summed E-state index contributed by atoms with van der Waals surface area (Å²) in [7, 11) is 1.68. The second kappa shape index (κ2) is 5.12. The lowest BCUT2D eigenvalue weighted by atomic mass is 10.1. The molecule has 7 nitrogen and oxygen atoms in total. The average molecular weight is 275 g/mol. The number of carbonyl (C=O) groups excluding carboxylic acids is 1. The molecule has 0 amide bonds. The maximum absolute atomic E-state index is 11.3. The third kappa shape index (κ3) is 2.66. The number of ether oxygens (including phenoxy) is 1. The SMILES string of the molecule is CC(=O)c1ccc(Oc2cc(C)nn2C)c([N+](=O)[O-])c1. The summed E-state index contributed by atoms with van der Waals surface area (Å²) in [5.74, 6) is 0.222. The van der Waals surface area contributed by atoms with Crippen molar-refractivity contribution in [2.24, 2.45) is 7.05 Å². The molecule has 0 aliphatic carbocycles. The number of carbonyl (C=O) groups is 1. The van der Waals surface area contributed by atoms with Crippen LogP contribution in [0.2, 0.25) is 0 Å². The van der Waals surface area contributed by atoms with Crippen molar-refractivity contribution in [2.75, 3.05) is 0 Å². The number of nitro groups is 1. The molecule has 0 aliphatic rings. The maximum Gasteiger partial charge on any atom is 0.312 e. The molecule has 20 heavy (non-hydrogen) atoms. The normalized spacial score (nSPS) is 10.3. The molecule has 104 valence electrons. The number of nitro benzene ring substituents is 1. The summed E-state index contributed by atoms with van der Waals surface area (Å²) in [6, 6.07) is 5.79. The summed E-state index contributed by atoms with van der Waals surface area (Å²) in [5, 5.41) is 15.2. The number of hydrogen-bond acceptors (Lipinski definition) is 5. The van der Waals surface area contributed by atoms with E-state index in [0.29, 0.717) is 5.88 Å². The van der Waals surface area contributed by atoms with E-state index in [4.69, 9.17) is 4.74 Å². The predicted molar refractivity (Wildman–Crippen MR) is 71.1 cm³/mol. The fraction of sp³-hybridized carbons (Fsp3) is 0.231. The van der Waals surface area contributed by atoms with E-state index >= 15 is 0 Å². The van der Waals surface area contributed by atoms with Crippen LogP contribution in [0, 0.1) is 17.0 Å². The standard InChI is InChI=1S/C13H13N3O4/c1-8-6-13(15(3)14-8)20-12-5-4-10(9(2)17)7-11(12)16(18)19/h4-7H,1-3H3. The summed E-state index contributed by atoms with van der Waals surface area (Å²) in [4.78, 5) is 21.8. The Balaban J connectivity index is 2.43. The summed E-state index contributed by atoms with van der Waals surface area (Å²) >= 11 is 0. The van der Waals surface area contributed by atoms with Crippen LogP contribution in [0.15, 0.2) is 24.3 Å². The van der Waals surface area contributed by atoms with Crippen LogP contribution in [0.4, 0.5) is 5.69 Å². The van der Waals surface area contributed by atoms with Gasteiger partial charge in [-0.3, -0.25) is 14.9 Å². The van der Waals surface area contributed by atoms with Gasteiger partial charge in [0.1, 0.15) is 0 Å². The minimum absolute atomic E-state index is 0.0722. The molecular formula is C13H13N3O4. The average Bonchev–Trinajstić information content (AvgIpc) is 2.67. The highest BCUT2D eigenvalue weighted by atomic mass is 16.6. The number of ketones is 1. The van der Waals surface area contributed by atoms with E-state index in [1.54, 1.807) is 20.0 Å². The van der Waals surface area contributed by atoms with Gasteiger partial charge in [-0.25, -0.2) is 4.68 Å². The lowest BCUT2D eigenvalue weighted by Gasteiger charge is -2.06. The smallest absolute Gasteiger partial charge is 0.312 e. The quantitative estimate of drug-likeness (QED) is 0.486. The predicted octanol–water partition coefficient (Wildman–Crippen LogP) is 2.63. The Morgan fingerprint density at radius 3 is 2.60 bits per heavy atom. The van der Waals surface area contributed by atoms with Gasteiger partial charge in [-0.1, -0.05) is 0 Å². The minimum atomic E-state index is -0.578. The van der Waals surface area contributed by atoms with E-state index in [2.05, 4.69) is 5.10 Å². The van der Waals surface area contributed by atoms with E-state index in [1.165, 1.54) is 29.8 Å². The molecule has 0 atom stereocenters. The van der Waals surface area contributed by atoms with Crippen LogP contribution in [0.1, 0.15) is 23.0 Å². The number of hydrogen-bond donors (Lipinski definition) is 0. The summed E-state index contributed by atoms with van der Waals surface area (Å²) in [5.41, 5.74) is 0.757. The molecule has 0 spiro atoms. The van der Waals surface area contributed by atoms with Gasteiger partial charge in [0.2, 0.25) is 11.6 Å². The molecule has 1 aromatic heterocycles. The van der Waals surface area contributed by atoms with Crippen molar-refractivity contribution in [3.63, 3.8) is 0 Å². The first-order valence-electron chi connectivity index (χ1n) is 5.86.